The maximum atomic E-state index is 12.5. The van der Waals surface area contributed by atoms with Crippen LogP contribution in [0.25, 0.3) is 0 Å². The van der Waals surface area contributed by atoms with Crippen molar-refractivity contribution in [2.45, 2.75) is 46.4 Å². The van der Waals surface area contributed by atoms with Crippen LogP contribution in [0.5, 0.6) is 5.75 Å². The number of nitrogens with zero attached hydrogens (tertiary/aromatic N) is 4. The van der Waals surface area contributed by atoms with Gasteiger partial charge in [0.05, 0.1) is 36.3 Å². The van der Waals surface area contributed by atoms with Crippen LogP contribution in [-0.2, 0) is 24.3 Å². The first-order valence-electron chi connectivity index (χ1n) is 8.59. The summed E-state index contributed by atoms with van der Waals surface area (Å²) in [7, 11) is 0. The second kappa shape index (κ2) is 7.23. The predicted octanol–water partition coefficient (Wildman–Crippen LogP) is 1.62. The van der Waals surface area contributed by atoms with E-state index in [4.69, 9.17) is 4.74 Å². The third-order valence-electron chi connectivity index (χ3n) is 4.36. The summed E-state index contributed by atoms with van der Waals surface area (Å²) >= 11 is 0. The smallest absolute Gasteiger partial charge is 0.260 e. The van der Waals surface area contributed by atoms with E-state index in [1.54, 1.807) is 11.8 Å². The van der Waals surface area contributed by atoms with Crippen molar-refractivity contribution in [3.05, 3.63) is 41.0 Å². The molecule has 1 aliphatic rings. The molecule has 0 unspecified atom stereocenters. The molecule has 0 bridgehead atoms. The van der Waals surface area contributed by atoms with Crippen molar-refractivity contribution in [3.63, 3.8) is 0 Å². The van der Waals surface area contributed by atoms with Gasteiger partial charge in [0.1, 0.15) is 5.75 Å². The summed E-state index contributed by atoms with van der Waals surface area (Å²) in [6.07, 6.45) is 0.156. The van der Waals surface area contributed by atoms with Gasteiger partial charge < -0.3 is 14.7 Å². The third kappa shape index (κ3) is 3.82. The Bertz CT molecular complexity index is 770. The summed E-state index contributed by atoms with van der Waals surface area (Å²) in [5, 5.41) is 14.0. The molecule has 0 saturated heterocycles. The van der Waals surface area contributed by atoms with E-state index in [2.05, 4.69) is 10.1 Å². The van der Waals surface area contributed by atoms with E-state index < -0.39 is 6.10 Å². The number of ether oxygens (including phenoxy) is 1. The molecule has 25 heavy (non-hydrogen) atoms. The van der Waals surface area contributed by atoms with E-state index in [9.17, 15) is 9.90 Å². The molecule has 7 heteroatoms. The van der Waals surface area contributed by atoms with Crippen LogP contribution in [0, 0.1) is 6.92 Å². The molecular formula is C18H24N4O3. The Kier molecular flexibility index (Phi) is 5.03. The predicted molar refractivity (Wildman–Crippen MR) is 92.1 cm³/mol. The summed E-state index contributed by atoms with van der Waals surface area (Å²) in [4.78, 5) is 18.7. The van der Waals surface area contributed by atoms with Gasteiger partial charge in [-0.3, -0.25) is 14.5 Å². The molecule has 1 N–H and O–H groups in total. The lowest BCUT2D eigenvalue weighted by molar-refractivity contribution is -0.134. The van der Waals surface area contributed by atoms with Crippen LogP contribution in [0.15, 0.2) is 18.2 Å². The van der Waals surface area contributed by atoms with Crippen LogP contribution in [0.4, 0.5) is 0 Å². The van der Waals surface area contributed by atoms with Crippen LogP contribution in [-0.4, -0.2) is 43.8 Å². The number of hydrogen-bond acceptors (Lipinski definition) is 5. The maximum Gasteiger partial charge on any atom is 0.260 e. The van der Waals surface area contributed by atoms with Gasteiger partial charge in [-0.05, 0) is 38.5 Å². The Morgan fingerprint density at radius 1 is 1.40 bits per heavy atom. The lowest BCUT2D eigenvalue weighted by Crippen LogP contribution is -2.40. The van der Waals surface area contributed by atoms with Gasteiger partial charge in [0.25, 0.3) is 5.91 Å². The topological polar surface area (TPSA) is 80.5 Å². The summed E-state index contributed by atoms with van der Waals surface area (Å²) in [6.45, 7) is 7.33. The average molecular weight is 344 g/mol. The highest BCUT2D eigenvalue weighted by Crippen LogP contribution is 2.20. The normalized spacial score (nSPS) is 15.0. The Hall–Kier alpha value is -2.41. The molecular weight excluding hydrogens is 320 g/mol. The summed E-state index contributed by atoms with van der Waals surface area (Å²) in [6, 6.07) is 5.61. The fourth-order valence-corrected chi connectivity index (χ4v) is 2.92. The molecule has 2 aromatic rings. The number of amides is 1. The van der Waals surface area contributed by atoms with E-state index in [1.165, 1.54) is 0 Å². The van der Waals surface area contributed by atoms with Crippen molar-refractivity contribution in [1.29, 1.82) is 0 Å². The zero-order valence-electron chi connectivity index (χ0n) is 14.9. The van der Waals surface area contributed by atoms with Crippen molar-refractivity contribution in [2.75, 3.05) is 13.2 Å². The molecule has 0 saturated carbocycles. The quantitative estimate of drug-likeness (QED) is 0.891. The Labute approximate surface area is 147 Å². The molecule has 3 heterocycles. The van der Waals surface area contributed by atoms with Gasteiger partial charge in [-0.15, -0.1) is 0 Å². The van der Waals surface area contributed by atoms with Crippen LogP contribution in [0.1, 0.15) is 42.7 Å². The second-order valence-corrected chi connectivity index (χ2v) is 6.31. The number of pyridine rings is 1. The number of carbonyl (C=O) groups excluding carboxylic acids is 1. The molecule has 2 aromatic heterocycles. The minimum atomic E-state index is -0.605. The van der Waals surface area contributed by atoms with Crippen molar-refractivity contribution >= 4 is 5.91 Å². The van der Waals surface area contributed by atoms with E-state index >= 15 is 0 Å². The van der Waals surface area contributed by atoms with E-state index in [0.717, 1.165) is 23.5 Å². The highest BCUT2D eigenvalue weighted by Gasteiger charge is 2.23. The molecule has 1 amide bonds. The number of aromatic nitrogens is 3. The number of aryl methyl sites for hydroxylation is 2. The molecule has 0 spiro atoms. The van der Waals surface area contributed by atoms with Gasteiger partial charge in [0.15, 0.2) is 6.61 Å². The number of fused-ring (bicyclic) bond motifs is 1. The lowest BCUT2D eigenvalue weighted by Gasteiger charge is -2.27. The SMILES string of the molecule is CCc1nc(C)ccc1OCC(=O)N1CCn2nc([C@@H](C)O)cc2C1. The first-order valence-corrected chi connectivity index (χ1v) is 8.59. The third-order valence-corrected chi connectivity index (χ3v) is 4.36. The van der Waals surface area contributed by atoms with Gasteiger partial charge in [-0.2, -0.15) is 5.10 Å². The van der Waals surface area contributed by atoms with Crippen molar-refractivity contribution in [3.8, 4) is 5.75 Å². The van der Waals surface area contributed by atoms with Crippen molar-refractivity contribution in [2.24, 2.45) is 0 Å². The Morgan fingerprint density at radius 2 is 2.20 bits per heavy atom. The first kappa shape index (κ1) is 17.4. The molecule has 0 aromatic carbocycles. The Balaban J connectivity index is 1.62. The van der Waals surface area contributed by atoms with Crippen LogP contribution in [0.3, 0.4) is 0 Å². The zero-order valence-corrected chi connectivity index (χ0v) is 14.9. The minimum Gasteiger partial charge on any atom is -0.482 e. The molecule has 7 nitrogen and oxygen atoms in total. The lowest BCUT2D eigenvalue weighted by atomic mass is 10.2. The summed E-state index contributed by atoms with van der Waals surface area (Å²) in [5.74, 6) is 0.605. The molecule has 3 rings (SSSR count). The second-order valence-electron chi connectivity index (χ2n) is 6.31. The minimum absolute atomic E-state index is 0.00482. The molecule has 134 valence electrons. The molecule has 0 radical (unpaired) electrons. The van der Waals surface area contributed by atoms with Crippen LogP contribution >= 0.6 is 0 Å². The molecule has 1 atom stereocenters. The molecule has 1 aliphatic heterocycles. The van der Waals surface area contributed by atoms with Gasteiger partial charge in [0.2, 0.25) is 0 Å². The van der Waals surface area contributed by atoms with Crippen molar-refractivity contribution in [1.82, 2.24) is 19.7 Å². The number of hydrogen-bond donors (Lipinski definition) is 1. The van der Waals surface area contributed by atoms with Crippen LogP contribution < -0.4 is 4.74 Å². The van der Waals surface area contributed by atoms with E-state index in [0.29, 0.717) is 31.1 Å². The van der Waals surface area contributed by atoms with Gasteiger partial charge in [0, 0.05) is 12.2 Å². The van der Waals surface area contributed by atoms with E-state index in [1.807, 2.05) is 36.7 Å². The van der Waals surface area contributed by atoms with Crippen molar-refractivity contribution < 1.29 is 14.6 Å². The van der Waals surface area contributed by atoms with Gasteiger partial charge >= 0.3 is 0 Å². The molecule has 0 fully saturated rings. The average Bonchev–Trinajstić information content (AvgIpc) is 3.03. The fraction of sp³-hybridized carbons (Fsp3) is 0.500. The largest absolute Gasteiger partial charge is 0.482 e. The van der Waals surface area contributed by atoms with Gasteiger partial charge in [-0.1, -0.05) is 6.92 Å². The summed E-state index contributed by atoms with van der Waals surface area (Å²) < 4.78 is 7.57. The maximum absolute atomic E-state index is 12.5. The summed E-state index contributed by atoms with van der Waals surface area (Å²) in [5.41, 5.74) is 3.38. The van der Waals surface area contributed by atoms with Gasteiger partial charge in [-0.25, -0.2) is 0 Å². The first-order chi connectivity index (χ1) is 12.0. The number of carbonyl (C=O) groups is 1. The standard InChI is InChI=1S/C18H24N4O3/c1-4-15-17(6-5-12(2)19-15)25-11-18(24)21-7-8-22-14(10-21)9-16(20-22)13(3)23/h5-6,9,13,23H,4,7-8,10-11H2,1-3H3/t13-/m1/s1. The zero-order chi connectivity index (χ0) is 18.0. The van der Waals surface area contributed by atoms with Crippen LogP contribution in [0.2, 0.25) is 0 Å². The molecule has 0 aliphatic carbocycles. The highest BCUT2D eigenvalue weighted by atomic mass is 16.5. The van der Waals surface area contributed by atoms with E-state index in [-0.39, 0.29) is 12.5 Å². The highest BCUT2D eigenvalue weighted by molar-refractivity contribution is 5.77. The monoisotopic (exact) mass is 344 g/mol. The number of aliphatic hydroxyl groups is 1. The number of aliphatic hydroxyl groups excluding tert-OH is 1. The number of rotatable bonds is 5. The fourth-order valence-electron chi connectivity index (χ4n) is 2.92. The Morgan fingerprint density at radius 3 is 2.92 bits per heavy atom.